The SMILES string of the molecule is Cc1ccc(NS(=O)(=O)c2ccc(OCC(=O)NCc3ccco3)cc2)cc1Cl. The summed E-state index contributed by atoms with van der Waals surface area (Å²) < 4.78 is 38.0. The van der Waals surface area contributed by atoms with Gasteiger partial charge in [-0.1, -0.05) is 17.7 Å². The van der Waals surface area contributed by atoms with Crippen molar-refractivity contribution in [3.05, 3.63) is 77.2 Å². The van der Waals surface area contributed by atoms with Crippen LogP contribution in [0.3, 0.4) is 0 Å². The van der Waals surface area contributed by atoms with E-state index in [1.165, 1.54) is 30.5 Å². The average Bonchev–Trinajstić information content (AvgIpc) is 3.21. The maximum absolute atomic E-state index is 12.5. The lowest BCUT2D eigenvalue weighted by Crippen LogP contribution is -2.28. The summed E-state index contributed by atoms with van der Waals surface area (Å²) in [6.07, 6.45) is 1.52. The first-order chi connectivity index (χ1) is 13.8. The molecule has 29 heavy (non-hydrogen) atoms. The predicted molar refractivity (Wildman–Crippen MR) is 109 cm³/mol. The minimum absolute atomic E-state index is 0.0591. The van der Waals surface area contributed by atoms with E-state index in [2.05, 4.69) is 10.0 Å². The molecule has 0 aliphatic carbocycles. The standard InChI is InChI=1S/C20H19ClN2O5S/c1-14-4-5-15(11-19(14)21)23-29(25,26)18-8-6-16(7-9-18)28-13-20(24)22-12-17-3-2-10-27-17/h2-11,23H,12-13H2,1H3,(H,22,24). The van der Waals surface area contributed by atoms with Gasteiger partial charge in [-0.25, -0.2) is 8.42 Å². The molecule has 2 aromatic carbocycles. The molecule has 0 unspecified atom stereocenters. The maximum atomic E-state index is 12.5. The van der Waals surface area contributed by atoms with Crippen molar-refractivity contribution >= 4 is 33.2 Å². The minimum atomic E-state index is -3.78. The number of carbonyl (C=O) groups excluding carboxylic acids is 1. The van der Waals surface area contributed by atoms with Crippen LogP contribution in [0.25, 0.3) is 0 Å². The Morgan fingerprint density at radius 2 is 1.90 bits per heavy atom. The summed E-state index contributed by atoms with van der Waals surface area (Å²) in [6, 6.07) is 14.2. The summed E-state index contributed by atoms with van der Waals surface area (Å²) in [5.74, 6) is 0.682. The smallest absolute Gasteiger partial charge is 0.261 e. The molecule has 0 bridgehead atoms. The Labute approximate surface area is 173 Å². The van der Waals surface area contributed by atoms with Gasteiger partial charge in [0, 0.05) is 5.02 Å². The number of aryl methyl sites for hydroxylation is 1. The van der Waals surface area contributed by atoms with Crippen molar-refractivity contribution in [1.29, 1.82) is 0 Å². The molecule has 0 saturated heterocycles. The molecule has 0 fully saturated rings. The second kappa shape index (κ2) is 9.02. The van der Waals surface area contributed by atoms with E-state index in [0.717, 1.165) is 5.56 Å². The third-order valence-electron chi connectivity index (χ3n) is 3.97. The number of ether oxygens (including phenoxy) is 1. The minimum Gasteiger partial charge on any atom is -0.484 e. The number of carbonyl (C=O) groups is 1. The summed E-state index contributed by atoms with van der Waals surface area (Å²) >= 11 is 6.03. The lowest BCUT2D eigenvalue weighted by atomic mass is 10.2. The van der Waals surface area contributed by atoms with Gasteiger partial charge < -0.3 is 14.5 Å². The number of furan rings is 1. The molecule has 1 aromatic heterocycles. The van der Waals surface area contributed by atoms with Gasteiger partial charge in [-0.15, -0.1) is 0 Å². The van der Waals surface area contributed by atoms with Gasteiger partial charge in [0.25, 0.3) is 15.9 Å². The van der Waals surface area contributed by atoms with Gasteiger partial charge in [0.15, 0.2) is 6.61 Å². The van der Waals surface area contributed by atoms with Gasteiger partial charge in [-0.3, -0.25) is 9.52 Å². The zero-order chi connectivity index (χ0) is 20.9. The second-order valence-corrected chi connectivity index (χ2v) is 8.28. The fourth-order valence-electron chi connectivity index (χ4n) is 2.38. The van der Waals surface area contributed by atoms with Gasteiger partial charge in [0.1, 0.15) is 11.5 Å². The topological polar surface area (TPSA) is 97.6 Å². The van der Waals surface area contributed by atoms with Gasteiger partial charge in [-0.05, 0) is 61.0 Å². The fourth-order valence-corrected chi connectivity index (χ4v) is 3.61. The van der Waals surface area contributed by atoms with Crippen LogP contribution in [0.15, 0.2) is 70.2 Å². The highest BCUT2D eigenvalue weighted by Crippen LogP contribution is 2.23. The molecule has 0 aliphatic rings. The number of sulfonamides is 1. The van der Waals surface area contributed by atoms with E-state index in [1.54, 1.807) is 30.3 Å². The first-order valence-electron chi connectivity index (χ1n) is 8.64. The normalized spacial score (nSPS) is 11.1. The second-order valence-electron chi connectivity index (χ2n) is 6.19. The molecule has 9 heteroatoms. The van der Waals surface area contributed by atoms with Crippen LogP contribution in [0.1, 0.15) is 11.3 Å². The van der Waals surface area contributed by atoms with Crippen molar-refractivity contribution in [2.75, 3.05) is 11.3 Å². The Hall–Kier alpha value is -2.97. The number of anilines is 1. The molecular formula is C20H19ClN2O5S. The van der Waals surface area contributed by atoms with Crippen molar-refractivity contribution in [3.63, 3.8) is 0 Å². The molecule has 0 saturated carbocycles. The Kier molecular flexibility index (Phi) is 6.46. The molecule has 152 valence electrons. The largest absolute Gasteiger partial charge is 0.484 e. The van der Waals surface area contributed by atoms with Crippen LogP contribution < -0.4 is 14.8 Å². The summed E-state index contributed by atoms with van der Waals surface area (Å²) in [7, 11) is -3.78. The zero-order valence-electron chi connectivity index (χ0n) is 15.5. The third kappa shape index (κ3) is 5.75. The molecule has 2 N–H and O–H groups in total. The number of rotatable bonds is 8. The summed E-state index contributed by atoms with van der Waals surface area (Å²) in [4.78, 5) is 11.9. The third-order valence-corrected chi connectivity index (χ3v) is 5.77. The molecule has 0 spiro atoms. The van der Waals surface area contributed by atoms with E-state index in [9.17, 15) is 13.2 Å². The quantitative estimate of drug-likeness (QED) is 0.562. The van der Waals surface area contributed by atoms with Crippen molar-refractivity contribution in [1.82, 2.24) is 5.32 Å². The molecule has 0 atom stereocenters. The number of nitrogens with one attached hydrogen (secondary N) is 2. The molecule has 7 nitrogen and oxygen atoms in total. The fraction of sp³-hybridized carbons (Fsp3) is 0.150. The highest BCUT2D eigenvalue weighted by atomic mass is 35.5. The van der Waals surface area contributed by atoms with Gasteiger partial charge in [0.2, 0.25) is 0 Å². The van der Waals surface area contributed by atoms with E-state index in [0.29, 0.717) is 22.2 Å². The average molecular weight is 435 g/mol. The van der Waals surface area contributed by atoms with Crippen molar-refractivity contribution < 1.29 is 22.4 Å². The lowest BCUT2D eigenvalue weighted by molar-refractivity contribution is -0.123. The van der Waals surface area contributed by atoms with Crippen molar-refractivity contribution in [3.8, 4) is 5.75 Å². The number of halogens is 1. The van der Waals surface area contributed by atoms with Crippen molar-refractivity contribution in [2.24, 2.45) is 0 Å². The molecule has 1 amide bonds. The Balaban J connectivity index is 1.55. The Morgan fingerprint density at radius 3 is 2.55 bits per heavy atom. The van der Waals surface area contributed by atoms with Crippen LogP contribution >= 0.6 is 11.6 Å². The van der Waals surface area contributed by atoms with Crippen LogP contribution in [0.2, 0.25) is 5.02 Å². The maximum Gasteiger partial charge on any atom is 0.261 e. The van der Waals surface area contributed by atoms with Gasteiger partial charge in [-0.2, -0.15) is 0 Å². The van der Waals surface area contributed by atoms with E-state index in [1.807, 2.05) is 6.92 Å². The first-order valence-corrected chi connectivity index (χ1v) is 10.5. The van der Waals surface area contributed by atoms with E-state index < -0.39 is 10.0 Å². The Morgan fingerprint density at radius 1 is 1.14 bits per heavy atom. The number of hydrogen-bond donors (Lipinski definition) is 2. The lowest BCUT2D eigenvalue weighted by Gasteiger charge is -2.10. The Bertz CT molecular complexity index is 1080. The van der Waals surface area contributed by atoms with Crippen LogP contribution in [0.4, 0.5) is 5.69 Å². The zero-order valence-corrected chi connectivity index (χ0v) is 17.1. The molecule has 1 heterocycles. The number of hydrogen-bond acceptors (Lipinski definition) is 5. The van der Waals surface area contributed by atoms with Crippen molar-refractivity contribution in [2.45, 2.75) is 18.4 Å². The number of amides is 1. The molecule has 0 radical (unpaired) electrons. The summed E-state index contributed by atoms with van der Waals surface area (Å²) in [6.45, 7) is 1.89. The van der Waals surface area contributed by atoms with Gasteiger partial charge in [0.05, 0.1) is 23.4 Å². The molecule has 3 rings (SSSR count). The molecule has 3 aromatic rings. The summed E-state index contributed by atoms with van der Waals surface area (Å²) in [5.41, 5.74) is 1.22. The first kappa shape index (κ1) is 20.8. The van der Waals surface area contributed by atoms with E-state index >= 15 is 0 Å². The van der Waals surface area contributed by atoms with Crippen LogP contribution in [-0.2, 0) is 21.4 Å². The molecule has 0 aliphatic heterocycles. The highest BCUT2D eigenvalue weighted by molar-refractivity contribution is 7.92. The molecular weight excluding hydrogens is 416 g/mol. The highest BCUT2D eigenvalue weighted by Gasteiger charge is 2.15. The summed E-state index contributed by atoms with van der Waals surface area (Å²) in [5, 5.41) is 3.12. The van der Waals surface area contributed by atoms with E-state index in [4.69, 9.17) is 20.8 Å². The monoisotopic (exact) mass is 434 g/mol. The predicted octanol–water partition coefficient (Wildman–Crippen LogP) is 3.74. The van der Waals surface area contributed by atoms with Crippen LogP contribution in [-0.4, -0.2) is 20.9 Å². The van der Waals surface area contributed by atoms with Gasteiger partial charge >= 0.3 is 0 Å². The van der Waals surface area contributed by atoms with Crippen LogP contribution in [0.5, 0.6) is 5.75 Å². The van der Waals surface area contributed by atoms with Crippen LogP contribution in [0, 0.1) is 6.92 Å². The van der Waals surface area contributed by atoms with E-state index in [-0.39, 0.29) is 24.0 Å². The number of benzene rings is 2.